The molecular formula is C20H12Cl2FNS. The van der Waals surface area contributed by atoms with Gasteiger partial charge in [-0.25, -0.2) is 9.38 Å². The first-order valence-corrected chi connectivity index (χ1v) is 9.21. The molecule has 0 spiro atoms. The van der Waals surface area contributed by atoms with Gasteiger partial charge in [-0.3, -0.25) is 0 Å². The summed E-state index contributed by atoms with van der Waals surface area (Å²) in [5.41, 5.74) is 4.30. The van der Waals surface area contributed by atoms with Gasteiger partial charge in [-0.1, -0.05) is 41.0 Å². The number of hydrogen-bond acceptors (Lipinski definition) is 2. The molecule has 0 amide bonds. The van der Waals surface area contributed by atoms with Gasteiger partial charge in [-0.2, -0.15) is 0 Å². The predicted octanol–water partition coefficient (Wildman–Crippen LogP) is 7.07. The summed E-state index contributed by atoms with van der Waals surface area (Å²) in [5.74, 6) is -0.275. The van der Waals surface area contributed by atoms with Crippen LogP contribution in [-0.4, -0.2) is 5.71 Å². The second kappa shape index (κ2) is 6.49. The molecule has 0 fully saturated rings. The van der Waals surface area contributed by atoms with Crippen molar-refractivity contribution < 1.29 is 4.39 Å². The molecule has 0 radical (unpaired) electrons. The Hall–Kier alpha value is -1.81. The lowest BCUT2D eigenvalue weighted by molar-refractivity contribution is 0.624. The van der Waals surface area contributed by atoms with E-state index >= 15 is 0 Å². The fourth-order valence-corrected chi connectivity index (χ4v) is 4.29. The van der Waals surface area contributed by atoms with Crippen LogP contribution in [0.2, 0.25) is 10.0 Å². The maximum absolute atomic E-state index is 13.8. The van der Waals surface area contributed by atoms with Crippen LogP contribution in [0.25, 0.3) is 0 Å². The van der Waals surface area contributed by atoms with Gasteiger partial charge in [0.1, 0.15) is 5.82 Å². The van der Waals surface area contributed by atoms with Crippen LogP contribution in [0.15, 0.2) is 69.4 Å². The van der Waals surface area contributed by atoms with Crippen LogP contribution >= 0.6 is 35.0 Å². The van der Waals surface area contributed by atoms with Crippen molar-refractivity contribution in [2.75, 3.05) is 0 Å². The number of halogens is 3. The molecule has 0 saturated heterocycles. The summed E-state index contributed by atoms with van der Waals surface area (Å²) in [6.07, 6.45) is 0. The molecule has 0 bridgehead atoms. The van der Waals surface area contributed by atoms with Crippen molar-refractivity contribution in [2.24, 2.45) is 4.99 Å². The van der Waals surface area contributed by atoms with Gasteiger partial charge in [-0.15, -0.1) is 0 Å². The highest BCUT2D eigenvalue weighted by Crippen LogP contribution is 2.42. The smallest absolute Gasteiger partial charge is 0.124 e. The van der Waals surface area contributed by atoms with Gasteiger partial charge in [0.05, 0.1) is 16.4 Å². The number of nitrogens with zero attached hydrogens (tertiary/aromatic N) is 1. The van der Waals surface area contributed by atoms with E-state index in [1.54, 1.807) is 18.2 Å². The van der Waals surface area contributed by atoms with Crippen LogP contribution in [0, 0.1) is 12.7 Å². The molecular weight excluding hydrogens is 376 g/mol. The Morgan fingerprint density at radius 3 is 2.48 bits per heavy atom. The average Bonchev–Trinajstić information content (AvgIpc) is 2.70. The van der Waals surface area contributed by atoms with Gasteiger partial charge < -0.3 is 0 Å². The van der Waals surface area contributed by atoms with Crippen molar-refractivity contribution in [3.8, 4) is 0 Å². The monoisotopic (exact) mass is 387 g/mol. The maximum Gasteiger partial charge on any atom is 0.124 e. The molecule has 0 unspecified atom stereocenters. The van der Waals surface area contributed by atoms with Crippen LogP contribution in [0.3, 0.4) is 0 Å². The highest BCUT2D eigenvalue weighted by Gasteiger charge is 2.21. The molecule has 4 rings (SSSR count). The van der Waals surface area contributed by atoms with E-state index in [-0.39, 0.29) is 5.82 Å². The lowest BCUT2D eigenvalue weighted by atomic mass is 10.0. The largest absolute Gasteiger partial charge is 0.246 e. The number of aliphatic imine (C=N–C) groups is 1. The number of hydrogen-bond donors (Lipinski definition) is 0. The van der Waals surface area contributed by atoms with Crippen LogP contribution in [0.5, 0.6) is 0 Å². The topological polar surface area (TPSA) is 12.4 Å². The fraction of sp³-hybridized carbons (Fsp3) is 0.0500. The molecule has 0 saturated carbocycles. The second-order valence-corrected chi connectivity index (χ2v) is 7.73. The van der Waals surface area contributed by atoms with E-state index in [4.69, 9.17) is 28.2 Å². The third-order valence-electron chi connectivity index (χ3n) is 3.95. The molecule has 0 atom stereocenters. The molecule has 124 valence electrons. The standard InChI is InChI=1S/C20H12Cl2FNS/c1-11-2-7-18-17(8-11)24-20(14-5-3-12(21)9-16(14)22)15-6-4-13(23)10-19(15)25-18/h2-10H,1H3. The van der Waals surface area contributed by atoms with Crippen molar-refractivity contribution in [3.05, 3.63) is 87.2 Å². The van der Waals surface area contributed by atoms with E-state index in [2.05, 4.69) is 0 Å². The molecule has 25 heavy (non-hydrogen) atoms. The summed E-state index contributed by atoms with van der Waals surface area (Å²) < 4.78 is 13.8. The van der Waals surface area contributed by atoms with E-state index in [0.717, 1.165) is 32.2 Å². The minimum atomic E-state index is -0.275. The Morgan fingerprint density at radius 1 is 0.880 bits per heavy atom. The van der Waals surface area contributed by atoms with Crippen LogP contribution in [0.1, 0.15) is 16.7 Å². The quantitative estimate of drug-likeness (QED) is 0.340. The first-order chi connectivity index (χ1) is 12.0. The maximum atomic E-state index is 13.8. The predicted molar refractivity (Wildman–Crippen MR) is 103 cm³/mol. The van der Waals surface area contributed by atoms with Crippen molar-refractivity contribution >= 4 is 46.4 Å². The van der Waals surface area contributed by atoms with Crippen LogP contribution < -0.4 is 0 Å². The van der Waals surface area contributed by atoms with Gasteiger partial charge in [0.2, 0.25) is 0 Å². The Morgan fingerprint density at radius 2 is 1.68 bits per heavy atom. The zero-order chi connectivity index (χ0) is 17.6. The van der Waals surface area contributed by atoms with Crippen LogP contribution in [-0.2, 0) is 0 Å². The molecule has 1 heterocycles. The Labute approximate surface area is 159 Å². The lowest BCUT2D eigenvalue weighted by Crippen LogP contribution is -2.05. The Bertz CT molecular complexity index is 1030. The number of aryl methyl sites for hydroxylation is 1. The minimum Gasteiger partial charge on any atom is -0.246 e. The fourth-order valence-electron chi connectivity index (χ4n) is 2.76. The summed E-state index contributed by atoms with van der Waals surface area (Å²) in [4.78, 5) is 6.67. The molecule has 1 aliphatic heterocycles. The zero-order valence-electron chi connectivity index (χ0n) is 13.2. The summed E-state index contributed by atoms with van der Waals surface area (Å²) in [6.45, 7) is 2.02. The normalized spacial score (nSPS) is 12.9. The highest BCUT2D eigenvalue weighted by atomic mass is 35.5. The summed E-state index contributed by atoms with van der Waals surface area (Å²) >= 11 is 14.0. The van der Waals surface area contributed by atoms with E-state index in [1.165, 1.54) is 23.9 Å². The molecule has 0 aromatic heterocycles. The van der Waals surface area contributed by atoms with Gasteiger partial charge >= 0.3 is 0 Å². The molecule has 1 aliphatic rings. The third-order valence-corrected chi connectivity index (χ3v) is 5.62. The van der Waals surface area contributed by atoms with Crippen molar-refractivity contribution in [2.45, 2.75) is 16.7 Å². The third kappa shape index (κ3) is 3.20. The number of rotatable bonds is 1. The first kappa shape index (κ1) is 16.6. The van der Waals surface area contributed by atoms with E-state index in [0.29, 0.717) is 15.8 Å². The number of benzene rings is 3. The zero-order valence-corrected chi connectivity index (χ0v) is 15.5. The molecule has 0 N–H and O–H groups in total. The van der Waals surface area contributed by atoms with Gasteiger partial charge in [0, 0.05) is 25.9 Å². The lowest BCUT2D eigenvalue weighted by Gasteiger charge is -2.11. The average molecular weight is 388 g/mol. The van der Waals surface area contributed by atoms with Gasteiger partial charge in [0.25, 0.3) is 0 Å². The minimum absolute atomic E-state index is 0.275. The van der Waals surface area contributed by atoms with Gasteiger partial charge in [0.15, 0.2) is 0 Å². The SMILES string of the molecule is Cc1ccc2c(c1)N=C(c1ccc(Cl)cc1Cl)c1ccc(F)cc1S2. The summed E-state index contributed by atoms with van der Waals surface area (Å²) in [6, 6.07) is 16.1. The van der Waals surface area contributed by atoms with E-state index < -0.39 is 0 Å². The molecule has 5 heteroatoms. The van der Waals surface area contributed by atoms with E-state index in [9.17, 15) is 4.39 Å². The van der Waals surface area contributed by atoms with Gasteiger partial charge in [-0.05, 0) is 61.0 Å². The van der Waals surface area contributed by atoms with Crippen molar-refractivity contribution in [1.29, 1.82) is 0 Å². The van der Waals surface area contributed by atoms with Crippen molar-refractivity contribution in [1.82, 2.24) is 0 Å². The molecule has 3 aromatic rings. The highest BCUT2D eigenvalue weighted by molar-refractivity contribution is 7.99. The van der Waals surface area contributed by atoms with Crippen molar-refractivity contribution in [3.63, 3.8) is 0 Å². The van der Waals surface area contributed by atoms with Crippen LogP contribution in [0.4, 0.5) is 10.1 Å². The molecule has 0 aliphatic carbocycles. The molecule has 1 nitrogen and oxygen atoms in total. The number of fused-ring (bicyclic) bond motifs is 2. The Balaban J connectivity index is 2.02. The molecule has 3 aromatic carbocycles. The Kier molecular flexibility index (Phi) is 4.32. The first-order valence-electron chi connectivity index (χ1n) is 7.64. The van der Waals surface area contributed by atoms with E-state index in [1.807, 2.05) is 31.2 Å². The summed E-state index contributed by atoms with van der Waals surface area (Å²) in [5, 5.41) is 1.08. The second-order valence-electron chi connectivity index (χ2n) is 5.80. The summed E-state index contributed by atoms with van der Waals surface area (Å²) in [7, 11) is 0.